The topological polar surface area (TPSA) is 14.2 Å². The van der Waals surface area contributed by atoms with Crippen LogP contribution in [0.3, 0.4) is 0 Å². The fourth-order valence-electron chi connectivity index (χ4n) is 6.30. The van der Waals surface area contributed by atoms with Crippen molar-refractivity contribution in [1.82, 2.24) is 4.57 Å². The molecule has 0 saturated carbocycles. The summed E-state index contributed by atoms with van der Waals surface area (Å²) in [5.74, 6) is 2.03. The number of hydrogen-bond donors (Lipinski definition) is 0. The Morgan fingerprint density at radius 2 is 1.53 bits per heavy atom. The Hall–Kier alpha value is -3.20. The minimum absolute atomic E-state index is 0.256. The van der Waals surface area contributed by atoms with E-state index in [1.165, 1.54) is 66.9 Å². The summed E-state index contributed by atoms with van der Waals surface area (Å²) in [7, 11) is 0. The van der Waals surface area contributed by atoms with Gasteiger partial charge < -0.3 is 0 Å². The molecule has 3 heterocycles. The van der Waals surface area contributed by atoms with Gasteiger partial charge in [0.05, 0.1) is 0 Å². The third kappa shape index (κ3) is 2.59. The van der Waals surface area contributed by atoms with Gasteiger partial charge >= 0.3 is 206 Å². The van der Waals surface area contributed by atoms with Gasteiger partial charge in [-0.3, -0.25) is 0 Å². The van der Waals surface area contributed by atoms with Crippen LogP contribution in [0.1, 0.15) is 24.1 Å². The van der Waals surface area contributed by atoms with Crippen LogP contribution in [-0.4, -0.2) is 26.2 Å². The summed E-state index contributed by atoms with van der Waals surface area (Å²) in [4.78, 5) is 0. The zero-order chi connectivity index (χ0) is 22.2. The van der Waals surface area contributed by atoms with Crippen LogP contribution in [0.4, 0.5) is 0 Å². The average Bonchev–Trinajstić information content (AvgIpc) is 3.23. The van der Waals surface area contributed by atoms with Crippen LogP contribution in [0, 0.1) is 0 Å². The van der Waals surface area contributed by atoms with E-state index in [-0.39, 0.29) is 21.7 Å². The Morgan fingerprint density at radius 3 is 2.50 bits per heavy atom. The van der Waals surface area contributed by atoms with Crippen LogP contribution in [0.25, 0.3) is 16.6 Å². The van der Waals surface area contributed by atoms with Crippen LogP contribution in [-0.2, 0) is 12.8 Å². The Balaban J connectivity index is 1.42. The summed E-state index contributed by atoms with van der Waals surface area (Å²) in [6.45, 7) is 0.256. The molecule has 1 aromatic heterocycles. The number of aromatic nitrogens is 1. The second-order valence-corrected chi connectivity index (χ2v) is 11.8. The quantitative estimate of drug-likeness (QED) is 0.315. The van der Waals surface area contributed by atoms with E-state index >= 15 is 0 Å². The Bertz CT molecular complexity index is 1560. The zero-order valence-electron chi connectivity index (χ0n) is 18.8. The van der Waals surface area contributed by atoms with Crippen molar-refractivity contribution in [2.75, 3.05) is 0 Å². The molecule has 0 amide bonds. The second-order valence-electron chi connectivity index (χ2n) is 9.55. The van der Waals surface area contributed by atoms with Gasteiger partial charge in [0.25, 0.3) is 0 Å². The Labute approximate surface area is 205 Å². The zero-order valence-corrected chi connectivity index (χ0v) is 20.5. The van der Waals surface area contributed by atoms with Crippen molar-refractivity contribution >= 4 is 57.9 Å². The Kier molecular flexibility index (Phi) is 4.03. The normalized spacial score (nSPS) is 15.2. The number of para-hydroxylation sites is 2. The van der Waals surface area contributed by atoms with Gasteiger partial charge in [-0.15, -0.1) is 0 Å². The van der Waals surface area contributed by atoms with Gasteiger partial charge in [0.1, 0.15) is 0 Å². The van der Waals surface area contributed by atoms with E-state index in [0.717, 1.165) is 17.9 Å². The predicted molar refractivity (Wildman–Crippen MR) is 143 cm³/mol. The molecule has 0 bridgehead atoms. The number of rotatable bonds is 1. The van der Waals surface area contributed by atoms with Gasteiger partial charge in [-0.2, -0.15) is 0 Å². The van der Waals surface area contributed by atoms with Crippen molar-refractivity contribution in [1.29, 1.82) is 0 Å². The molecular weight excluding hydrogens is 480 g/mol. The van der Waals surface area contributed by atoms with E-state index in [4.69, 9.17) is 4.74 Å². The third-order valence-corrected chi connectivity index (χ3v) is 10.1. The predicted octanol–water partition coefficient (Wildman–Crippen LogP) is 3.10. The summed E-state index contributed by atoms with van der Waals surface area (Å²) in [5, 5.41) is 1.42. The molecule has 0 spiro atoms. The molecule has 2 nitrogen and oxygen atoms in total. The van der Waals surface area contributed by atoms with Gasteiger partial charge in [0, 0.05) is 0 Å². The van der Waals surface area contributed by atoms with Crippen LogP contribution in [0.5, 0.6) is 11.5 Å². The van der Waals surface area contributed by atoms with Crippen LogP contribution >= 0.6 is 0 Å². The molecule has 0 unspecified atom stereocenters. The maximum absolute atomic E-state index is 6.63. The van der Waals surface area contributed by atoms with Crippen molar-refractivity contribution in [3.05, 3.63) is 96.2 Å². The van der Waals surface area contributed by atoms with Gasteiger partial charge in [0.15, 0.2) is 0 Å². The molecule has 5 aromatic rings. The van der Waals surface area contributed by atoms with Gasteiger partial charge in [-0.25, -0.2) is 0 Å². The van der Waals surface area contributed by atoms with Gasteiger partial charge in [-0.1, -0.05) is 0 Å². The number of nitrogens with zero attached hydrogens (tertiary/aromatic N) is 1. The fourth-order valence-corrected chi connectivity index (χ4v) is 8.81. The van der Waals surface area contributed by atoms with E-state index in [1.54, 1.807) is 5.56 Å². The van der Waals surface area contributed by atoms with E-state index in [9.17, 15) is 0 Å². The molecule has 34 heavy (non-hydrogen) atoms. The molecule has 2 aliphatic heterocycles. The first kappa shape index (κ1) is 19.1. The molecule has 0 N–H and O–H groups in total. The SMILES string of the molecule is c1ccc2c(c1)Oc1cc(-n3c4c(c5ccccc53)CCCC4)cc3c1B2c1ccccc1[Se]3. The Morgan fingerprint density at radius 1 is 0.735 bits per heavy atom. The molecule has 0 radical (unpaired) electrons. The molecule has 4 aromatic carbocycles. The fraction of sp³-hybridized carbons (Fsp3) is 0.133. The van der Waals surface area contributed by atoms with Gasteiger partial charge in [-0.05, 0) is 0 Å². The van der Waals surface area contributed by atoms with Crippen molar-refractivity contribution in [3.8, 4) is 17.2 Å². The van der Waals surface area contributed by atoms with Crippen LogP contribution in [0.15, 0.2) is 84.9 Å². The molecule has 0 atom stereocenters. The van der Waals surface area contributed by atoms with Crippen molar-refractivity contribution in [2.45, 2.75) is 25.7 Å². The van der Waals surface area contributed by atoms with E-state index < -0.39 is 0 Å². The summed E-state index contributed by atoms with van der Waals surface area (Å²) in [6.07, 6.45) is 4.89. The molecule has 8 rings (SSSR count). The van der Waals surface area contributed by atoms with E-state index in [1.807, 2.05) is 0 Å². The first-order valence-corrected chi connectivity index (χ1v) is 13.9. The van der Waals surface area contributed by atoms with E-state index in [2.05, 4.69) is 89.5 Å². The summed E-state index contributed by atoms with van der Waals surface area (Å²) >= 11 is 0.256. The number of ether oxygens (including phenoxy) is 1. The monoisotopic (exact) mass is 503 g/mol. The number of aryl methyl sites for hydroxylation is 1. The molecule has 162 valence electrons. The molecule has 0 saturated heterocycles. The maximum atomic E-state index is 6.63. The van der Waals surface area contributed by atoms with Crippen LogP contribution in [0.2, 0.25) is 0 Å². The van der Waals surface area contributed by atoms with Crippen molar-refractivity contribution < 1.29 is 4.74 Å². The third-order valence-electron chi connectivity index (χ3n) is 7.71. The first-order valence-electron chi connectivity index (χ1n) is 12.2. The molecular formula is C30H22BNOSe. The number of benzene rings is 4. The van der Waals surface area contributed by atoms with E-state index in [0.29, 0.717) is 0 Å². The average molecular weight is 502 g/mol. The number of fused-ring (bicyclic) bond motifs is 7. The first-order chi connectivity index (χ1) is 16.9. The molecule has 1 aliphatic carbocycles. The molecule has 3 aliphatic rings. The molecule has 0 fully saturated rings. The number of hydrogen-bond acceptors (Lipinski definition) is 1. The van der Waals surface area contributed by atoms with Gasteiger partial charge in [0.2, 0.25) is 0 Å². The molecule has 4 heteroatoms. The minimum atomic E-state index is 0.256. The second kappa shape index (κ2) is 7.15. The van der Waals surface area contributed by atoms with Crippen LogP contribution < -0.4 is 30.0 Å². The summed E-state index contributed by atoms with van der Waals surface area (Å²) in [6, 6.07) is 31.4. The summed E-state index contributed by atoms with van der Waals surface area (Å²) in [5.41, 5.74) is 9.75. The van der Waals surface area contributed by atoms with Crippen molar-refractivity contribution in [2.24, 2.45) is 0 Å². The standard InChI is InChI=1S/C30H22BNOSe/c1-5-13-24-20(9-1)21-10-2-6-14-25(21)32(24)19-17-27-30-29(18-19)34-28-16-8-4-12-23(28)31(30)22-11-3-7-15-26(22)33-27/h1,3-5,7-9,11-13,15-18H,2,6,10,14H2. The summed E-state index contributed by atoms with van der Waals surface area (Å²) < 4.78 is 12.1. The van der Waals surface area contributed by atoms with Crippen molar-refractivity contribution in [3.63, 3.8) is 0 Å².